The quantitative estimate of drug-likeness (QED) is 0.244. The molecular formula is C11H14N2O4S2. The molecule has 0 saturated carbocycles. The molecule has 0 unspecified atom stereocenters. The van der Waals surface area contributed by atoms with Crippen molar-refractivity contribution in [3.8, 4) is 0 Å². The van der Waals surface area contributed by atoms with Gasteiger partial charge >= 0.3 is 5.97 Å². The molecule has 0 spiro atoms. The van der Waals surface area contributed by atoms with Crippen LogP contribution in [-0.2, 0) is 19.2 Å². The number of aliphatic imine (C=N–C) groups is 1. The molecule has 0 atom stereocenters. The van der Waals surface area contributed by atoms with Gasteiger partial charge in [-0.1, -0.05) is 17.4 Å². The lowest BCUT2D eigenvalue weighted by Crippen LogP contribution is -2.32. The molecule has 1 fully saturated rings. The Bertz CT molecular complexity index is 407. The Kier molecular flexibility index (Phi) is 6.65. The van der Waals surface area contributed by atoms with E-state index in [-0.39, 0.29) is 19.3 Å². The average Bonchev–Trinajstić information content (AvgIpc) is 2.71. The Labute approximate surface area is 119 Å². The first kappa shape index (κ1) is 15.8. The standard InChI is InChI=1S/C11H14N2O4S2/c1-3-8(12-2)19-18-7-6-11(16)17-13-9(14)4-5-10(13)15/h3H,1,4-7H2,2H3. The number of nitrogens with zero attached hydrogens (tertiary/aromatic N) is 2. The summed E-state index contributed by atoms with van der Waals surface area (Å²) in [6.07, 6.45) is 1.94. The van der Waals surface area contributed by atoms with Crippen LogP contribution >= 0.6 is 21.6 Å². The van der Waals surface area contributed by atoms with Gasteiger partial charge in [0.25, 0.3) is 11.8 Å². The molecule has 1 heterocycles. The molecule has 0 aromatic heterocycles. The summed E-state index contributed by atoms with van der Waals surface area (Å²) in [5.74, 6) is -1.03. The van der Waals surface area contributed by atoms with Gasteiger partial charge in [0.1, 0.15) is 0 Å². The van der Waals surface area contributed by atoms with Gasteiger partial charge in [0.05, 0.1) is 11.5 Å². The van der Waals surface area contributed by atoms with Crippen LogP contribution in [0.25, 0.3) is 0 Å². The van der Waals surface area contributed by atoms with E-state index in [1.807, 2.05) is 0 Å². The number of imide groups is 1. The molecule has 2 amide bonds. The highest BCUT2D eigenvalue weighted by Gasteiger charge is 2.32. The second kappa shape index (κ2) is 8.00. The molecule has 0 aromatic rings. The molecule has 6 nitrogen and oxygen atoms in total. The van der Waals surface area contributed by atoms with E-state index >= 15 is 0 Å². The van der Waals surface area contributed by atoms with E-state index in [0.717, 1.165) is 5.04 Å². The van der Waals surface area contributed by atoms with Gasteiger partial charge in [-0.05, 0) is 16.9 Å². The minimum Gasteiger partial charge on any atom is -0.330 e. The van der Waals surface area contributed by atoms with Gasteiger partial charge in [-0.2, -0.15) is 0 Å². The van der Waals surface area contributed by atoms with Gasteiger partial charge in [0.2, 0.25) is 0 Å². The van der Waals surface area contributed by atoms with Crippen molar-refractivity contribution in [2.45, 2.75) is 19.3 Å². The van der Waals surface area contributed by atoms with E-state index in [2.05, 4.69) is 11.6 Å². The fraction of sp³-hybridized carbons (Fsp3) is 0.455. The third-order valence-corrected chi connectivity index (χ3v) is 4.50. The number of carbonyl (C=O) groups is 3. The van der Waals surface area contributed by atoms with Gasteiger partial charge in [-0.3, -0.25) is 14.6 Å². The van der Waals surface area contributed by atoms with Gasteiger partial charge in [-0.25, -0.2) is 4.79 Å². The molecule has 0 aromatic carbocycles. The Morgan fingerprint density at radius 1 is 1.47 bits per heavy atom. The van der Waals surface area contributed by atoms with Crippen LogP contribution in [0, 0.1) is 0 Å². The van der Waals surface area contributed by atoms with Crippen molar-refractivity contribution in [2.75, 3.05) is 12.8 Å². The number of hydrogen-bond acceptors (Lipinski definition) is 7. The average molecular weight is 302 g/mol. The van der Waals surface area contributed by atoms with E-state index < -0.39 is 17.8 Å². The summed E-state index contributed by atoms with van der Waals surface area (Å²) in [7, 11) is 4.48. The van der Waals surface area contributed by atoms with E-state index in [4.69, 9.17) is 4.84 Å². The van der Waals surface area contributed by atoms with Crippen LogP contribution in [0.15, 0.2) is 17.6 Å². The van der Waals surface area contributed by atoms with Crippen LogP contribution in [0.3, 0.4) is 0 Å². The van der Waals surface area contributed by atoms with Crippen molar-refractivity contribution in [1.29, 1.82) is 0 Å². The smallest absolute Gasteiger partial charge is 0.330 e. The largest absolute Gasteiger partial charge is 0.334 e. The van der Waals surface area contributed by atoms with Gasteiger partial charge < -0.3 is 4.84 Å². The molecule has 104 valence electrons. The predicted molar refractivity (Wildman–Crippen MR) is 75.4 cm³/mol. The van der Waals surface area contributed by atoms with Crippen molar-refractivity contribution in [1.82, 2.24) is 5.06 Å². The molecule has 1 rings (SSSR count). The normalized spacial score (nSPS) is 15.8. The number of amides is 2. The second-order valence-corrected chi connectivity index (χ2v) is 5.90. The molecule has 8 heteroatoms. The van der Waals surface area contributed by atoms with Crippen LogP contribution in [-0.4, -0.2) is 40.7 Å². The first-order chi connectivity index (χ1) is 9.08. The van der Waals surface area contributed by atoms with Gasteiger partial charge in [-0.15, -0.1) is 5.06 Å². The number of hydrogen-bond donors (Lipinski definition) is 0. The Morgan fingerprint density at radius 3 is 2.63 bits per heavy atom. The molecule has 0 aliphatic carbocycles. The van der Waals surface area contributed by atoms with Crippen LogP contribution in [0.5, 0.6) is 0 Å². The highest BCUT2D eigenvalue weighted by Crippen LogP contribution is 2.24. The molecule has 19 heavy (non-hydrogen) atoms. The van der Waals surface area contributed by atoms with E-state index in [1.165, 1.54) is 21.6 Å². The Balaban J connectivity index is 2.23. The zero-order chi connectivity index (χ0) is 14.3. The van der Waals surface area contributed by atoms with Crippen molar-refractivity contribution < 1.29 is 19.2 Å². The zero-order valence-electron chi connectivity index (χ0n) is 10.5. The molecular weight excluding hydrogens is 288 g/mol. The fourth-order valence-electron chi connectivity index (χ4n) is 1.19. The monoisotopic (exact) mass is 302 g/mol. The highest BCUT2D eigenvalue weighted by molar-refractivity contribution is 8.82. The molecule has 1 aliphatic heterocycles. The topological polar surface area (TPSA) is 76.0 Å². The lowest BCUT2D eigenvalue weighted by molar-refractivity contribution is -0.197. The third-order valence-electron chi connectivity index (χ3n) is 2.13. The maximum atomic E-state index is 11.4. The van der Waals surface area contributed by atoms with Crippen LogP contribution in [0.1, 0.15) is 19.3 Å². The first-order valence-corrected chi connectivity index (χ1v) is 7.85. The van der Waals surface area contributed by atoms with Crippen LogP contribution in [0.4, 0.5) is 0 Å². The number of rotatable bonds is 6. The van der Waals surface area contributed by atoms with Crippen molar-refractivity contribution in [3.63, 3.8) is 0 Å². The van der Waals surface area contributed by atoms with Gasteiger partial charge in [0, 0.05) is 25.6 Å². The number of hydroxylamine groups is 2. The molecule has 1 saturated heterocycles. The van der Waals surface area contributed by atoms with Crippen LogP contribution in [0.2, 0.25) is 0 Å². The van der Waals surface area contributed by atoms with Crippen molar-refractivity contribution in [3.05, 3.63) is 12.7 Å². The Hall–Kier alpha value is -1.28. The molecule has 0 N–H and O–H groups in total. The van der Waals surface area contributed by atoms with E-state index in [9.17, 15) is 14.4 Å². The second-order valence-electron chi connectivity index (χ2n) is 3.47. The Morgan fingerprint density at radius 2 is 2.11 bits per heavy atom. The predicted octanol–water partition coefficient (Wildman–Crippen LogP) is 1.58. The zero-order valence-corrected chi connectivity index (χ0v) is 12.1. The minimum absolute atomic E-state index is 0.104. The van der Waals surface area contributed by atoms with Crippen LogP contribution < -0.4 is 0 Å². The molecule has 0 bridgehead atoms. The summed E-state index contributed by atoms with van der Waals surface area (Å²) < 4.78 is 0. The highest BCUT2D eigenvalue weighted by atomic mass is 33.1. The third kappa shape index (κ3) is 5.07. The summed E-state index contributed by atoms with van der Waals surface area (Å²) in [5.41, 5.74) is 0. The summed E-state index contributed by atoms with van der Waals surface area (Å²) in [5, 5.41) is 1.33. The molecule has 0 radical (unpaired) electrons. The first-order valence-electron chi connectivity index (χ1n) is 5.53. The maximum Gasteiger partial charge on any atom is 0.334 e. The summed E-state index contributed by atoms with van der Waals surface area (Å²) >= 11 is 0. The lowest BCUT2D eigenvalue weighted by Gasteiger charge is -2.12. The molecule has 1 aliphatic rings. The summed E-state index contributed by atoms with van der Waals surface area (Å²) in [6, 6.07) is 0. The van der Waals surface area contributed by atoms with Crippen molar-refractivity contribution >= 4 is 44.4 Å². The summed E-state index contributed by atoms with van der Waals surface area (Å²) in [6.45, 7) is 3.59. The van der Waals surface area contributed by atoms with E-state index in [0.29, 0.717) is 10.8 Å². The lowest BCUT2D eigenvalue weighted by atomic mass is 10.4. The minimum atomic E-state index is -0.592. The maximum absolute atomic E-state index is 11.4. The fourth-order valence-corrected chi connectivity index (χ4v) is 3.08. The number of carbonyl (C=O) groups excluding carboxylic acids is 3. The summed E-state index contributed by atoms with van der Waals surface area (Å²) in [4.78, 5) is 42.5. The van der Waals surface area contributed by atoms with Crippen molar-refractivity contribution in [2.24, 2.45) is 4.99 Å². The van der Waals surface area contributed by atoms with E-state index in [1.54, 1.807) is 13.1 Å². The SMILES string of the molecule is C=CC(=NC)SSCCC(=O)ON1C(=O)CCC1=O. The van der Waals surface area contributed by atoms with Gasteiger partial charge in [0.15, 0.2) is 0 Å².